The lowest BCUT2D eigenvalue weighted by molar-refractivity contribution is -0.139. The summed E-state index contributed by atoms with van der Waals surface area (Å²) in [5.74, 6) is -0.296. The number of ether oxygens (including phenoxy) is 2. The van der Waals surface area contributed by atoms with E-state index in [4.69, 9.17) is 9.47 Å². The van der Waals surface area contributed by atoms with Gasteiger partial charge in [0.1, 0.15) is 0 Å². The predicted molar refractivity (Wildman–Crippen MR) is 114 cm³/mol. The minimum atomic E-state index is -0.282. The standard InChI is InChI=1S/C24H26N2O5/c27-20(25-11-3-7-17(15-25)24-30-13-14-31-24)10-4-12-26-22(28)18-8-1-5-16-6-2-9-19(21(16)18)23(26)29/h1-2,5-6,8-9,17,24H,3-4,7,10-15H2. The number of hydrogen-bond donors (Lipinski definition) is 0. The van der Waals surface area contributed by atoms with Gasteiger partial charge in [0, 0.05) is 48.5 Å². The molecule has 31 heavy (non-hydrogen) atoms. The minimum absolute atomic E-state index is 0.0575. The van der Waals surface area contributed by atoms with Gasteiger partial charge in [-0.1, -0.05) is 24.3 Å². The fraction of sp³-hybridized carbons (Fsp3) is 0.458. The lowest BCUT2D eigenvalue weighted by Gasteiger charge is -2.35. The van der Waals surface area contributed by atoms with E-state index in [9.17, 15) is 14.4 Å². The first-order valence-corrected chi connectivity index (χ1v) is 11.0. The van der Waals surface area contributed by atoms with Gasteiger partial charge in [-0.2, -0.15) is 0 Å². The molecule has 2 aromatic rings. The number of likely N-dealkylation sites (tertiary alicyclic amines) is 1. The fourth-order valence-electron chi connectivity index (χ4n) is 4.94. The summed E-state index contributed by atoms with van der Waals surface area (Å²) in [4.78, 5) is 41.8. The van der Waals surface area contributed by atoms with E-state index in [1.807, 2.05) is 29.2 Å². The summed E-state index contributed by atoms with van der Waals surface area (Å²) in [6.45, 7) is 2.84. The molecule has 0 bridgehead atoms. The zero-order valence-electron chi connectivity index (χ0n) is 17.4. The van der Waals surface area contributed by atoms with Gasteiger partial charge in [0.05, 0.1) is 13.2 Å². The summed E-state index contributed by atoms with van der Waals surface area (Å²) in [6, 6.07) is 11.0. The Balaban J connectivity index is 1.21. The van der Waals surface area contributed by atoms with Crippen molar-refractivity contribution < 1.29 is 23.9 Å². The van der Waals surface area contributed by atoms with Crippen LogP contribution >= 0.6 is 0 Å². The molecule has 2 fully saturated rings. The summed E-state index contributed by atoms with van der Waals surface area (Å²) >= 11 is 0. The molecular weight excluding hydrogens is 396 g/mol. The first-order chi connectivity index (χ1) is 15.1. The Morgan fingerprint density at radius 1 is 1.00 bits per heavy atom. The van der Waals surface area contributed by atoms with Gasteiger partial charge in [-0.15, -0.1) is 0 Å². The maximum absolute atomic E-state index is 13.0. The third-order valence-electron chi connectivity index (χ3n) is 6.47. The topological polar surface area (TPSA) is 76.2 Å². The lowest BCUT2D eigenvalue weighted by atomic mass is 9.94. The van der Waals surface area contributed by atoms with Gasteiger partial charge in [-0.05, 0) is 36.8 Å². The molecule has 3 aliphatic rings. The maximum atomic E-state index is 13.0. The fourth-order valence-corrected chi connectivity index (χ4v) is 4.94. The number of piperidine rings is 1. The number of carbonyl (C=O) groups is 3. The van der Waals surface area contributed by atoms with Crippen molar-refractivity contribution in [1.82, 2.24) is 9.80 Å². The van der Waals surface area contributed by atoms with Crippen LogP contribution in [0.4, 0.5) is 0 Å². The zero-order valence-corrected chi connectivity index (χ0v) is 17.4. The van der Waals surface area contributed by atoms with Gasteiger partial charge in [0.25, 0.3) is 11.8 Å². The third kappa shape index (κ3) is 3.72. The predicted octanol–water partition coefficient (Wildman–Crippen LogP) is 2.83. The number of nitrogens with zero attached hydrogens (tertiary/aromatic N) is 2. The number of benzene rings is 2. The highest BCUT2D eigenvalue weighted by Gasteiger charge is 2.34. The van der Waals surface area contributed by atoms with Crippen LogP contribution < -0.4 is 0 Å². The Labute approximate surface area is 180 Å². The molecule has 7 heteroatoms. The van der Waals surface area contributed by atoms with E-state index in [1.54, 1.807) is 12.1 Å². The van der Waals surface area contributed by atoms with Crippen molar-refractivity contribution in [3.05, 3.63) is 47.5 Å². The van der Waals surface area contributed by atoms with Crippen LogP contribution in [0.1, 0.15) is 46.4 Å². The number of rotatable bonds is 5. The third-order valence-corrected chi connectivity index (χ3v) is 6.47. The Kier molecular flexibility index (Phi) is 5.46. The van der Waals surface area contributed by atoms with Crippen LogP contribution in [0, 0.1) is 5.92 Å². The Morgan fingerprint density at radius 2 is 1.68 bits per heavy atom. The highest BCUT2D eigenvalue weighted by Crippen LogP contribution is 2.30. The molecule has 5 rings (SSSR count). The first-order valence-electron chi connectivity index (χ1n) is 11.0. The van der Waals surface area contributed by atoms with Crippen LogP contribution in [0.2, 0.25) is 0 Å². The summed E-state index contributed by atoms with van der Waals surface area (Å²) in [6.07, 6.45) is 2.48. The number of hydrogen-bond acceptors (Lipinski definition) is 5. The number of imide groups is 1. The largest absolute Gasteiger partial charge is 0.350 e. The van der Waals surface area contributed by atoms with Crippen LogP contribution in [0.3, 0.4) is 0 Å². The Morgan fingerprint density at radius 3 is 2.35 bits per heavy atom. The van der Waals surface area contributed by atoms with Crippen molar-refractivity contribution >= 4 is 28.5 Å². The second kappa shape index (κ2) is 8.40. The van der Waals surface area contributed by atoms with E-state index in [0.717, 1.165) is 30.2 Å². The molecule has 0 radical (unpaired) electrons. The van der Waals surface area contributed by atoms with Crippen LogP contribution in [0.15, 0.2) is 36.4 Å². The quantitative estimate of drug-likeness (QED) is 0.693. The van der Waals surface area contributed by atoms with Crippen molar-refractivity contribution in [1.29, 1.82) is 0 Å². The highest BCUT2D eigenvalue weighted by atomic mass is 16.7. The molecule has 162 valence electrons. The average molecular weight is 422 g/mol. The molecule has 3 amide bonds. The van der Waals surface area contributed by atoms with E-state index in [2.05, 4.69) is 0 Å². The van der Waals surface area contributed by atoms with Crippen molar-refractivity contribution in [3.63, 3.8) is 0 Å². The molecule has 0 aliphatic carbocycles. The zero-order chi connectivity index (χ0) is 21.4. The molecule has 2 aromatic carbocycles. The number of amides is 3. The molecule has 0 saturated carbocycles. The van der Waals surface area contributed by atoms with Crippen molar-refractivity contribution in [3.8, 4) is 0 Å². The smallest absolute Gasteiger partial charge is 0.261 e. The molecule has 0 aromatic heterocycles. The Bertz CT molecular complexity index is 979. The van der Waals surface area contributed by atoms with E-state index in [1.165, 1.54) is 4.90 Å². The second-order valence-electron chi connectivity index (χ2n) is 8.43. The molecule has 0 spiro atoms. The van der Waals surface area contributed by atoms with Crippen molar-refractivity contribution in [2.24, 2.45) is 5.92 Å². The molecule has 1 unspecified atom stereocenters. The van der Waals surface area contributed by atoms with Crippen molar-refractivity contribution in [2.75, 3.05) is 32.8 Å². The van der Waals surface area contributed by atoms with Gasteiger partial charge in [0.15, 0.2) is 6.29 Å². The Hall–Kier alpha value is -2.77. The van der Waals surface area contributed by atoms with Gasteiger partial charge in [-0.25, -0.2) is 0 Å². The monoisotopic (exact) mass is 422 g/mol. The van der Waals surface area contributed by atoms with Crippen LogP contribution in [0.5, 0.6) is 0 Å². The molecule has 3 aliphatic heterocycles. The first kappa shape index (κ1) is 20.2. The van der Waals surface area contributed by atoms with E-state index in [-0.39, 0.29) is 36.5 Å². The van der Waals surface area contributed by atoms with Crippen LogP contribution in [-0.4, -0.2) is 66.7 Å². The summed E-state index contributed by atoms with van der Waals surface area (Å²) < 4.78 is 11.2. The molecule has 1 atom stereocenters. The van der Waals surface area contributed by atoms with Gasteiger partial charge >= 0.3 is 0 Å². The molecule has 3 heterocycles. The summed E-state index contributed by atoms with van der Waals surface area (Å²) in [7, 11) is 0. The molecule has 7 nitrogen and oxygen atoms in total. The van der Waals surface area contributed by atoms with E-state index in [0.29, 0.717) is 43.7 Å². The molecule has 0 N–H and O–H groups in total. The normalized spacial score (nSPS) is 21.9. The highest BCUT2D eigenvalue weighted by molar-refractivity contribution is 6.25. The SMILES string of the molecule is O=C(CCCN1C(=O)c2cccc3cccc(c23)C1=O)N1CCCC(C2OCCO2)C1. The molecular formula is C24H26N2O5. The van der Waals surface area contributed by atoms with Gasteiger partial charge in [-0.3, -0.25) is 19.3 Å². The molecule has 2 saturated heterocycles. The van der Waals surface area contributed by atoms with Crippen molar-refractivity contribution in [2.45, 2.75) is 32.0 Å². The van der Waals surface area contributed by atoms with E-state index >= 15 is 0 Å². The van der Waals surface area contributed by atoms with E-state index < -0.39 is 0 Å². The second-order valence-corrected chi connectivity index (χ2v) is 8.43. The van der Waals surface area contributed by atoms with Crippen LogP contribution in [-0.2, 0) is 14.3 Å². The van der Waals surface area contributed by atoms with Gasteiger partial charge in [0.2, 0.25) is 5.91 Å². The minimum Gasteiger partial charge on any atom is -0.350 e. The maximum Gasteiger partial charge on any atom is 0.261 e. The van der Waals surface area contributed by atoms with Crippen LogP contribution in [0.25, 0.3) is 10.8 Å². The number of carbonyl (C=O) groups excluding carboxylic acids is 3. The summed E-state index contributed by atoms with van der Waals surface area (Å²) in [5.41, 5.74) is 1.10. The average Bonchev–Trinajstić information content (AvgIpc) is 3.34. The van der Waals surface area contributed by atoms with Gasteiger partial charge < -0.3 is 14.4 Å². The summed E-state index contributed by atoms with van der Waals surface area (Å²) in [5, 5.41) is 1.62. The lowest BCUT2D eigenvalue weighted by Crippen LogP contribution is -2.44.